The summed E-state index contributed by atoms with van der Waals surface area (Å²) in [6.45, 7) is 3.40. The molecule has 24 heteroatoms. The predicted molar refractivity (Wildman–Crippen MR) is 283 cm³/mol. The summed E-state index contributed by atoms with van der Waals surface area (Å²) in [6, 6.07) is 10.3. The highest BCUT2D eigenvalue weighted by atomic mass is 33.1. The SMILES string of the molecule is CC(C)[C@H](NC(=O)[C@@H]1CSSC[C@H](N(C)C(=O)[C@@H](N)CC(=O)O)C(=O)N[C@@H](Cc2ccccc2)C(=O)N[C@@H](Cc2c[nH]c3ccccc23)C(=O)N[C@@H](CCCCN)C(=O)N[C@@H](Cc2ccc(O)cc2)C(=O)N1)C(=O)O. The Morgan fingerprint density at radius 3 is 1.87 bits per heavy atom. The number of para-hydroxylation sites is 1. The van der Waals surface area contributed by atoms with Gasteiger partial charge in [-0.2, -0.15) is 0 Å². The largest absolute Gasteiger partial charge is 0.508 e. The molecule has 1 aliphatic rings. The number of aliphatic carboxylic acids is 2. The van der Waals surface area contributed by atoms with Crippen LogP contribution >= 0.6 is 21.6 Å². The molecule has 0 radical (unpaired) electrons. The lowest BCUT2D eigenvalue weighted by Gasteiger charge is -2.31. The first-order valence-electron chi connectivity index (χ1n) is 24.4. The molecule has 0 bridgehead atoms. The Morgan fingerprint density at radius 2 is 1.25 bits per heavy atom. The summed E-state index contributed by atoms with van der Waals surface area (Å²) in [5.74, 6) is -9.93. The lowest BCUT2D eigenvalue weighted by Crippen LogP contribution is -2.61. The first-order chi connectivity index (χ1) is 35.8. The van der Waals surface area contributed by atoms with E-state index in [0.29, 0.717) is 29.5 Å². The van der Waals surface area contributed by atoms with Crippen molar-refractivity contribution in [3.63, 3.8) is 0 Å². The molecule has 75 heavy (non-hydrogen) atoms. The number of fused-ring (bicyclic) bond motifs is 1. The van der Waals surface area contributed by atoms with Crippen LogP contribution in [0.5, 0.6) is 5.75 Å². The molecular weight excluding hydrogens is 1010 g/mol. The van der Waals surface area contributed by atoms with Gasteiger partial charge in [0.05, 0.1) is 12.5 Å². The van der Waals surface area contributed by atoms with E-state index in [9.17, 15) is 58.5 Å². The molecule has 14 N–H and O–H groups in total. The van der Waals surface area contributed by atoms with Gasteiger partial charge in [0.2, 0.25) is 41.4 Å². The minimum Gasteiger partial charge on any atom is -0.508 e. The molecule has 22 nitrogen and oxygen atoms in total. The van der Waals surface area contributed by atoms with Crippen LogP contribution in [-0.4, -0.2) is 152 Å². The molecule has 1 saturated heterocycles. The number of aromatic hydroxyl groups is 1. The van der Waals surface area contributed by atoms with Gasteiger partial charge in [0.1, 0.15) is 48.0 Å². The number of nitrogens with two attached hydrogens (primary N) is 2. The van der Waals surface area contributed by atoms with Gasteiger partial charge in [-0.3, -0.25) is 38.4 Å². The highest BCUT2D eigenvalue weighted by Gasteiger charge is 2.37. The molecule has 8 atom stereocenters. The number of carboxylic acids is 2. The summed E-state index contributed by atoms with van der Waals surface area (Å²) in [7, 11) is 3.17. The van der Waals surface area contributed by atoms with Crippen LogP contribution in [0.3, 0.4) is 0 Å². The molecule has 0 aliphatic carbocycles. The number of amides is 7. The molecule has 0 saturated carbocycles. The molecule has 3 aromatic carbocycles. The normalized spacial score (nSPS) is 21.3. The van der Waals surface area contributed by atoms with Crippen molar-refractivity contribution in [3.8, 4) is 5.75 Å². The summed E-state index contributed by atoms with van der Waals surface area (Å²) in [6.07, 6.45) is 1.30. The summed E-state index contributed by atoms with van der Waals surface area (Å²) in [5, 5.41) is 46.5. The maximum absolute atomic E-state index is 14.8. The molecule has 0 unspecified atom stereocenters. The minimum absolute atomic E-state index is 0.0250. The van der Waals surface area contributed by atoms with E-state index in [1.54, 1.807) is 56.4 Å². The maximum atomic E-state index is 14.8. The van der Waals surface area contributed by atoms with E-state index >= 15 is 0 Å². The number of carbonyl (C=O) groups excluding carboxylic acids is 7. The van der Waals surface area contributed by atoms with Crippen LogP contribution in [0.15, 0.2) is 85.1 Å². The third-order valence-electron chi connectivity index (χ3n) is 12.5. The van der Waals surface area contributed by atoms with Crippen LogP contribution in [-0.2, 0) is 62.4 Å². The van der Waals surface area contributed by atoms with Crippen LogP contribution in [0.25, 0.3) is 10.9 Å². The van der Waals surface area contributed by atoms with E-state index in [2.05, 4.69) is 36.9 Å². The van der Waals surface area contributed by atoms with E-state index in [1.165, 1.54) is 31.3 Å². The lowest BCUT2D eigenvalue weighted by atomic mass is 10.0. The van der Waals surface area contributed by atoms with E-state index < -0.39 is 114 Å². The number of likely N-dealkylation sites (N-methyl/N-ethyl adjacent to an activating group) is 1. The number of nitrogens with zero attached hydrogens (tertiary/aromatic N) is 1. The van der Waals surface area contributed by atoms with Crippen molar-refractivity contribution in [2.45, 2.75) is 107 Å². The topological polar surface area (TPSA) is 358 Å². The minimum atomic E-state index is -1.58. The van der Waals surface area contributed by atoms with Gasteiger partial charge in [-0.25, -0.2) is 4.79 Å². The fraction of sp³-hybridized carbons (Fsp3) is 0.431. The van der Waals surface area contributed by atoms with Crippen molar-refractivity contribution in [1.29, 1.82) is 0 Å². The molecule has 1 fully saturated rings. The maximum Gasteiger partial charge on any atom is 0.326 e. The quantitative estimate of drug-likeness (QED) is 0.0482. The van der Waals surface area contributed by atoms with E-state index in [0.717, 1.165) is 37.4 Å². The Labute approximate surface area is 441 Å². The molecule has 7 amide bonds. The average molecular weight is 1080 g/mol. The molecule has 2 heterocycles. The van der Waals surface area contributed by atoms with Crippen LogP contribution in [0, 0.1) is 5.92 Å². The second-order valence-electron chi connectivity index (χ2n) is 18.5. The number of phenols is 1. The van der Waals surface area contributed by atoms with Crippen molar-refractivity contribution in [2.24, 2.45) is 17.4 Å². The number of hydrogen-bond donors (Lipinski definition) is 12. The third-order valence-corrected chi connectivity index (χ3v) is 14.9. The summed E-state index contributed by atoms with van der Waals surface area (Å²) in [4.78, 5) is 129. The van der Waals surface area contributed by atoms with Gasteiger partial charge in [-0.15, -0.1) is 0 Å². The average Bonchev–Trinajstić information content (AvgIpc) is 3.78. The number of hydrogen-bond acceptors (Lipinski definition) is 14. The van der Waals surface area contributed by atoms with E-state index in [-0.39, 0.29) is 49.5 Å². The lowest BCUT2D eigenvalue weighted by molar-refractivity contribution is -0.144. The summed E-state index contributed by atoms with van der Waals surface area (Å²) in [5.41, 5.74) is 14.3. The van der Waals surface area contributed by atoms with Gasteiger partial charge in [0.15, 0.2) is 0 Å². The Morgan fingerprint density at radius 1 is 0.707 bits per heavy atom. The smallest absolute Gasteiger partial charge is 0.326 e. The van der Waals surface area contributed by atoms with Crippen molar-refractivity contribution in [3.05, 3.63) is 102 Å². The standard InChI is InChI=1S/C51H66N10O12S2/c1-28(2)43(51(72)73)60-48(69)40-26-74-75-27-41(61(3)50(71)34(53)24-42(63)64)49(70)58-38(21-29-11-5-4-6-12-29)45(66)57-39(23-31-25-54-35-14-8-7-13-33(31)35)47(68)55-36(15-9-10-20-52)44(65)56-37(46(67)59-40)22-30-16-18-32(62)19-17-30/h4-8,11-14,16-19,25,28,34,36-41,43,54,62H,9-10,15,20-24,26-27,52-53H2,1-3H3,(H,55,68)(H,56,65)(H,57,66)(H,58,70)(H,59,67)(H,60,69)(H,63,64)(H,72,73)/t34-,36-,37-,38-,39-,40-,41-,43-/m0/s1. The van der Waals surface area contributed by atoms with Crippen molar-refractivity contribution in [2.75, 3.05) is 25.1 Å². The van der Waals surface area contributed by atoms with E-state index in [1.807, 2.05) is 18.2 Å². The second-order valence-corrected chi connectivity index (χ2v) is 21.1. The van der Waals surface area contributed by atoms with Gasteiger partial charge in [0.25, 0.3) is 0 Å². The molecule has 5 rings (SSSR count). The Hall–Kier alpha value is -7.15. The zero-order valence-electron chi connectivity index (χ0n) is 41.8. The number of unbranched alkanes of at least 4 members (excludes halogenated alkanes) is 1. The number of carbonyl (C=O) groups is 9. The van der Waals surface area contributed by atoms with Crippen molar-refractivity contribution < 1.29 is 58.5 Å². The Bertz CT molecular complexity index is 2640. The van der Waals surface area contributed by atoms with Crippen LogP contribution in [0.2, 0.25) is 0 Å². The Kier molecular flexibility index (Phi) is 22.3. The molecular formula is C51H66N10O12S2. The second kappa shape index (κ2) is 28.5. The van der Waals surface area contributed by atoms with Crippen molar-refractivity contribution in [1.82, 2.24) is 41.8 Å². The van der Waals surface area contributed by atoms with Gasteiger partial charge >= 0.3 is 11.9 Å². The van der Waals surface area contributed by atoms with Crippen LogP contribution < -0.4 is 43.4 Å². The molecule has 1 aliphatic heterocycles. The molecule has 1 aromatic heterocycles. The monoisotopic (exact) mass is 1070 g/mol. The molecule has 404 valence electrons. The number of benzene rings is 3. The number of carboxylic acid groups (broad SMARTS) is 2. The highest BCUT2D eigenvalue weighted by Crippen LogP contribution is 2.26. The number of aromatic nitrogens is 1. The number of aromatic amines is 1. The summed E-state index contributed by atoms with van der Waals surface area (Å²) < 4.78 is 0. The zero-order chi connectivity index (χ0) is 54.8. The number of nitrogens with one attached hydrogen (secondary N) is 7. The fourth-order valence-corrected chi connectivity index (χ4v) is 10.7. The molecule has 0 spiro atoms. The van der Waals surface area contributed by atoms with Crippen LogP contribution in [0.4, 0.5) is 0 Å². The van der Waals surface area contributed by atoms with Gasteiger partial charge in [0, 0.05) is 54.9 Å². The fourth-order valence-electron chi connectivity index (χ4n) is 8.22. The van der Waals surface area contributed by atoms with Gasteiger partial charge < -0.3 is 68.6 Å². The number of phenolic OH excluding ortho intramolecular Hbond substituents is 1. The summed E-state index contributed by atoms with van der Waals surface area (Å²) >= 11 is 0. The Balaban J connectivity index is 1.64. The van der Waals surface area contributed by atoms with Crippen LogP contribution in [0.1, 0.15) is 56.2 Å². The van der Waals surface area contributed by atoms with Gasteiger partial charge in [-0.1, -0.05) is 96.1 Å². The van der Waals surface area contributed by atoms with Crippen molar-refractivity contribution >= 4 is 85.8 Å². The first-order valence-corrected chi connectivity index (χ1v) is 26.8. The first kappa shape index (κ1) is 58.7. The number of H-pyrrole nitrogens is 1. The van der Waals surface area contributed by atoms with Gasteiger partial charge in [-0.05, 0) is 66.6 Å². The third kappa shape index (κ3) is 17.5. The zero-order valence-corrected chi connectivity index (χ0v) is 43.4. The molecule has 4 aromatic rings. The number of rotatable bonds is 18. The predicted octanol–water partition coefficient (Wildman–Crippen LogP) is 0.704. The highest BCUT2D eigenvalue weighted by molar-refractivity contribution is 8.76. The van der Waals surface area contributed by atoms with E-state index in [4.69, 9.17) is 11.5 Å².